The molecule has 7 aromatic rings. The molecule has 0 bridgehead atoms. The van der Waals surface area contributed by atoms with Gasteiger partial charge in [-0.25, -0.2) is 0 Å². The van der Waals surface area contributed by atoms with Crippen molar-refractivity contribution in [3.8, 4) is 11.5 Å². The summed E-state index contributed by atoms with van der Waals surface area (Å²) in [6.45, 7) is 0. The second kappa shape index (κ2) is 16.9. The van der Waals surface area contributed by atoms with Gasteiger partial charge in [-0.1, -0.05) is 140 Å². The van der Waals surface area contributed by atoms with Crippen molar-refractivity contribution in [3.05, 3.63) is 228 Å². The number of hydrazone groups is 1. The van der Waals surface area contributed by atoms with Crippen LogP contribution < -0.4 is 24.3 Å². The molecular formula is C55H44N4O4S. The van der Waals surface area contributed by atoms with E-state index in [4.69, 9.17) is 26.8 Å². The molecule has 1 spiro atoms. The Morgan fingerprint density at radius 2 is 0.969 bits per heavy atom. The van der Waals surface area contributed by atoms with Gasteiger partial charge in [-0.15, -0.1) is 0 Å². The quantitative estimate of drug-likeness (QED) is 0.106. The van der Waals surface area contributed by atoms with E-state index in [9.17, 15) is 0 Å². The third-order valence-corrected chi connectivity index (χ3v) is 13.1. The third-order valence-electron chi connectivity index (χ3n) is 12.8. The van der Waals surface area contributed by atoms with Crippen LogP contribution in [0.3, 0.4) is 0 Å². The fourth-order valence-electron chi connectivity index (χ4n) is 10.1. The normalized spacial score (nSPS) is 20.9. The lowest BCUT2D eigenvalue weighted by Gasteiger charge is -2.57. The highest BCUT2D eigenvalue weighted by Gasteiger charge is 2.72. The number of hydrogen-bond donors (Lipinski definition) is 0. The average molecular weight is 857 g/mol. The van der Waals surface area contributed by atoms with Crippen LogP contribution in [0.25, 0.3) is 6.08 Å². The van der Waals surface area contributed by atoms with Gasteiger partial charge < -0.3 is 9.47 Å². The number of anilines is 3. The zero-order chi connectivity index (χ0) is 43.8. The molecule has 2 amide bonds. The van der Waals surface area contributed by atoms with Gasteiger partial charge in [-0.3, -0.25) is 24.4 Å². The number of fused-ring (bicyclic) bond motifs is 1. The molecule has 2 aliphatic heterocycles. The van der Waals surface area contributed by atoms with E-state index in [1.165, 1.54) is 0 Å². The maximum atomic E-state index is 16.9. The van der Waals surface area contributed by atoms with Gasteiger partial charge >= 0.3 is 0 Å². The van der Waals surface area contributed by atoms with Crippen LogP contribution in [-0.4, -0.2) is 36.9 Å². The van der Waals surface area contributed by atoms with Gasteiger partial charge in [0.25, 0.3) is 11.8 Å². The van der Waals surface area contributed by atoms with Gasteiger partial charge in [0.2, 0.25) is 0 Å². The van der Waals surface area contributed by atoms with Crippen LogP contribution in [0, 0.1) is 11.3 Å². The number of amides is 2. The molecule has 9 heteroatoms. The van der Waals surface area contributed by atoms with E-state index in [0.717, 1.165) is 39.2 Å². The number of carbonyl (C=O) groups excluding carboxylic acids is 2. The van der Waals surface area contributed by atoms with Crippen LogP contribution in [0.4, 0.5) is 17.1 Å². The Morgan fingerprint density at radius 1 is 0.531 bits per heavy atom. The summed E-state index contributed by atoms with van der Waals surface area (Å²) in [7, 11) is 3.30. The highest BCUT2D eigenvalue weighted by atomic mass is 32.1. The zero-order valence-electron chi connectivity index (χ0n) is 35.3. The lowest BCUT2D eigenvalue weighted by Crippen LogP contribution is -2.71. The molecular weight excluding hydrogens is 813 g/mol. The van der Waals surface area contributed by atoms with Crippen molar-refractivity contribution in [1.29, 1.82) is 0 Å². The largest absolute Gasteiger partial charge is 0.497 e. The molecule has 4 atom stereocenters. The first kappa shape index (κ1) is 40.5. The summed E-state index contributed by atoms with van der Waals surface area (Å²) in [6, 6.07) is 64.3. The predicted molar refractivity (Wildman–Crippen MR) is 258 cm³/mol. The molecule has 2 heterocycles. The number of rotatable bonds is 9. The van der Waals surface area contributed by atoms with Crippen molar-refractivity contribution in [2.75, 3.05) is 29.0 Å². The van der Waals surface area contributed by atoms with Crippen LogP contribution >= 0.6 is 12.2 Å². The lowest BCUT2D eigenvalue weighted by atomic mass is 9.48. The lowest BCUT2D eigenvalue weighted by molar-refractivity contribution is -0.144. The summed E-state index contributed by atoms with van der Waals surface area (Å²) in [5.74, 6) is -1.64. The summed E-state index contributed by atoms with van der Waals surface area (Å²) in [5.41, 5.74) is 5.07. The zero-order valence-corrected chi connectivity index (χ0v) is 36.1. The van der Waals surface area contributed by atoms with E-state index in [1.807, 2.05) is 176 Å². The first-order valence-corrected chi connectivity index (χ1v) is 21.7. The summed E-state index contributed by atoms with van der Waals surface area (Å²) in [4.78, 5) is 37.0. The minimum atomic E-state index is -1.86. The number of thiocarbonyl (C=S) groups is 1. The SMILES string of the molecule is COc1ccc(/C=C2\C3=NN(c4ccccc4)C(c4ccc(OC)cc4)C3C(c3ccccc3)C3(C(=O)N(c4ccccc4)C(=S)N(c4ccccc4)C3=O)C2c2ccccc2)cc1. The Hall–Kier alpha value is -7.62. The van der Waals surface area contributed by atoms with Gasteiger partial charge in [0, 0.05) is 17.8 Å². The molecule has 0 N–H and O–H groups in total. The maximum absolute atomic E-state index is 16.9. The summed E-state index contributed by atoms with van der Waals surface area (Å²) in [5, 5.41) is 7.85. The molecule has 1 aliphatic carbocycles. The molecule has 314 valence electrons. The number of para-hydroxylation sites is 3. The Bertz CT molecular complexity index is 2810. The van der Waals surface area contributed by atoms with E-state index < -0.39 is 41.0 Å². The van der Waals surface area contributed by atoms with E-state index in [0.29, 0.717) is 22.9 Å². The van der Waals surface area contributed by atoms with Crippen LogP contribution in [0.1, 0.15) is 40.1 Å². The molecule has 64 heavy (non-hydrogen) atoms. The molecule has 4 unspecified atom stereocenters. The number of hydrogen-bond acceptors (Lipinski definition) is 7. The van der Waals surface area contributed by atoms with Crippen molar-refractivity contribution in [3.63, 3.8) is 0 Å². The molecule has 8 nitrogen and oxygen atoms in total. The number of ether oxygens (including phenoxy) is 2. The molecule has 1 saturated heterocycles. The Balaban J connectivity index is 1.37. The number of methoxy groups -OCH3 is 2. The first-order valence-electron chi connectivity index (χ1n) is 21.3. The second-order valence-corrected chi connectivity index (χ2v) is 16.5. The number of allylic oxidation sites excluding steroid dienone is 1. The second-order valence-electron chi connectivity index (χ2n) is 16.1. The smallest absolute Gasteiger partial charge is 0.250 e. The molecule has 7 aromatic carbocycles. The molecule has 0 radical (unpaired) electrons. The van der Waals surface area contributed by atoms with Gasteiger partial charge in [0.05, 0.1) is 43.0 Å². The van der Waals surface area contributed by atoms with Crippen LogP contribution in [0.2, 0.25) is 0 Å². The van der Waals surface area contributed by atoms with Gasteiger partial charge in [-0.05, 0) is 107 Å². The van der Waals surface area contributed by atoms with Crippen LogP contribution in [-0.2, 0) is 9.59 Å². The van der Waals surface area contributed by atoms with E-state index in [2.05, 4.69) is 35.4 Å². The standard InChI is InChI=1S/C55H44N4O4S/c1-62-44-32-28-37(29-33-44)36-46-48(38-18-8-3-9-19-38)55(52(60)57(41-22-12-5-13-23-41)54(64)58(53(55)61)42-24-14-6-15-25-42)49(39-20-10-4-11-21-39)47-50(46)56-59(43-26-16-7-17-27-43)51(47)40-30-34-45(63-2)35-31-40/h3-36,47-49,51H,1-2H3/b46-36-. The predicted octanol–water partition coefficient (Wildman–Crippen LogP) is 11.3. The maximum Gasteiger partial charge on any atom is 0.250 e. The van der Waals surface area contributed by atoms with Crippen molar-refractivity contribution in [2.24, 2.45) is 16.4 Å². The first-order chi connectivity index (χ1) is 31.4. The molecule has 10 rings (SSSR count). The third kappa shape index (κ3) is 6.67. The van der Waals surface area contributed by atoms with Crippen molar-refractivity contribution >= 4 is 58.0 Å². The van der Waals surface area contributed by atoms with Crippen molar-refractivity contribution in [2.45, 2.75) is 17.9 Å². The van der Waals surface area contributed by atoms with Gasteiger partial charge in [0.15, 0.2) is 5.11 Å². The van der Waals surface area contributed by atoms with Crippen LogP contribution in [0.5, 0.6) is 11.5 Å². The minimum Gasteiger partial charge on any atom is -0.497 e. The highest BCUT2D eigenvalue weighted by Crippen LogP contribution is 2.66. The Kier molecular flexibility index (Phi) is 10.7. The number of carbonyl (C=O) groups is 2. The van der Waals surface area contributed by atoms with Gasteiger partial charge in [-0.2, -0.15) is 5.10 Å². The Labute approximate surface area is 378 Å². The fourth-order valence-corrected chi connectivity index (χ4v) is 10.4. The molecule has 2 fully saturated rings. The average Bonchev–Trinajstić information content (AvgIpc) is 3.75. The van der Waals surface area contributed by atoms with Crippen molar-refractivity contribution in [1.82, 2.24) is 0 Å². The monoisotopic (exact) mass is 856 g/mol. The fraction of sp³-hybridized carbons (Fsp3) is 0.127. The van der Waals surface area contributed by atoms with E-state index in [1.54, 1.807) is 24.0 Å². The molecule has 1 saturated carbocycles. The summed E-state index contributed by atoms with van der Waals surface area (Å²) >= 11 is 6.33. The van der Waals surface area contributed by atoms with Gasteiger partial charge in [0.1, 0.15) is 16.9 Å². The minimum absolute atomic E-state index is 0.0841. The Morgan fingerprint density at radius 3 is 1.45 bits per heavy atom. The van der Waals surface area contributed by atoms with E-state index >= 15 is 9.59 Å². The van der Waals surface area contributed by atoms with Crippen LogP contribution in [0.15, 0.2) is 211 Å². The molecule has 3 aliphatic rings. The van der Waals surface area contributed by atoms with E-state index in [-0.39, 0.29) is 5.11 Å². The summed E-state index contributed by atoms with van der Waals surface area (Å²) < 4.78 is 11.3. The number of nitrogens with zero attached hydrogens (tertiary/aromatic N) is 4. The highest BCUT2D eigenvalue weighted by molar-refractivity contribution is 7.81. The topological polar surface area (TPSA) is 74.7 Å². The molecule has 0 aromatic heterocycles. The summed E-state index contributed by atoms with van der Waals surface area (Å²) in [6.07, 6.45) is 2.11. The van der Waals surface area contributed by atoms with Crippen molar-refractivity contribution < 1.29 is 19.1 Å². The number of benzene rings is 7.